The number of hydrogen-bond donors (Lipinski definition) is 1. The minimum Gasteiger partial charge on any atom is -0.331 e. The molecule has 2 rings (SSSR count). The van der Waals surface area contributed by atoms with Gasteiger partial charge in [-0.25, -0.2) is 9.61 Å². The van der Waals surface area contributed by atoms with E-state index in [1.807, 2.05) is 17.7 Å². The van der Waals surface area contributed by atoms with Crippen LogP contribution in [0.3, 0.4) is 0 Å². The molecule has 6 heteroatoms. The average molecular weight is 221 g/mol. The van der Waals surface area contributed by atoms with Crippen LogP contribution in [0.25, 0.3) is 0 Å². The molecule has 0 saturated heterocycles. The Hall–Kier alpha value is -1.69. The van der Waals surface area contributed by atoms with E-state index in [4.69, 9.17) is 0 Å². The van der Waals surface area contributed by atoms with Crippen molar-refractivity contribution < 1.29 is 4.63 Å². The first-order valence-corrected chi connectivity index (χ1v) is 5.29. The largest absolute Gasteiger partial charge is 0.331 e. The van der Waals surface area contributed by atoms with E-state index in [0.717, 1.165) is 30.2 Å². The molecule has 1 N–H and O–H groups in total. The maximum atomic E-state index is 4.64. The zero-order valence-corrected chi connectivity index (χ0v) is 9.47. The number of hydrogen-bond acceptors (Lipinski definition) is 5. The van der Waals surface area contributed by atoms with E-state index < -0.39 is 0 Å². The van der Waals surface area contributed by atoms with E-state index in [1.54, 1.807) is 6.33 Å². The third-order valence-electron chi connectivity index (χ3n) is 2.32. The van der Waals surface area contributed by atoms with Gasteiger partial charge in [0.15, 0.2) is 0 Å². The maximum absolute atomic E-state index is 4.64. The van der Waals surface area contributed by atoms with Gasteiger partial charge >= 0.3 is 0 Å². The van der Waals surface area contributed by atoms with Gasteiger partial charge in [-0.1, -0.05) is 17.2 Å². The van der Waals surface area contributed by atoms with E-state index in [9.17, 15) is 0 Å². The summed E-state index contributed by atoms with van der Waals surface area (Å²) in [6.07, 6.45) is 3.79. The summed E-state index contributed by atoms with van der Waals surface area (Å²) < 4.78 is 6.61. The molecule has 0 unspecified atom stereocenters. The van der Waals surface area contributed by atoms with Crippen LogP contribution in [0.5, 0.6) is 0 Å². The number of aryl methyl sites for hydroxylation is 1. The smallest absolute Gasteiger partial charge is 0.127 e. The van der Waals surface area contributed by atoms with Gasteiger partial charge in [-0.05, 0) is 13.5 Å². The quantitative estimate of drug-likeness (QED) is 0.806. The molecule has 0 amide bonds. The second-order valence-electron chi connectivity index (χ2n) is 3.61. The molecule has 0 bridgehead atoms. The maximum Gasteiger partial charge on any atom is 0.127 e. The second-order valence-corrected chi connectivity index (χ2v) is 3.61. The van der Waals surface area contributed by atoms with E-state index in [1.165, 1.54) is 0 Å². The minimum absolute atomic E-state index is 0.647. The Morgan fingerprint density at radius 1 is 1.44 bits per heavy atom. The molecule has 0 saturated carbocycles. The fraction of sp³-hybridized carbons (Fsp3) is 0.500. The fourth-order valence-electron chi connectivity index (χ4n) is 1.40. The van der Waals surface area contributed by atoms with Crippen LogP contribution in [-0.4, -0.2) is 26.4 Å². The van der Waals surface area contributed by atoms with Gasteiger partial charge in [0.05, 0.1) is 18.6 Å². The van der Waals surface area contributed by atoms with Crippen LogP contribution < -0.4 is 5.32 Å². The van der Waals surface area contributed by atoms with Crippen molar-refractivity contribution >= 4 is 0 Å². The van der Waals surface area contributed by atoms with E-state index in [2.05, 4.69) is 32.2 Å². The van der Waals surface area contributed by atoms with Gasteiger partial charge in [0.1, 0.15) is 11.4 Å². The monoisotopic (exact) mass is 221 g/mol. The van der Waals surface area contributed by atoms with Gasteiger partial charge in [0.25, 0.3) is 0 Å². The Labute approximate surface area is 93.6 Å². The van der Waals surface area contributed by atoms with Crippen molar-refractivity contribution in [2.75, 3.05) is 6.54 Å². The zero-order valence-electron chi connectivity index (χ0n) is 9.47. The highest BCUT2D eigenvalue weighted by Crippen LogP contribution is 2.04. The summed E-state index contributed by atoms with van der Waals surface area (Å²) in [6, 6.07) is 0. The number of aromatic nitrogens is 4. The van der Waals surface area contributed by atoms with Crippen LogP contribution in [0.1, 0.15) is 24.0 Å². The van der Waals surface area contributed by atoms with E-state index in [0.29, 0.717) is 6.54 Å². The highest BCUT2D eigenvalue weighted by atomic mass is 16.6. The lowest BCUT2D eigenvalue weighted by atomic mass is 10.3. The summed E-state index contributed by atoms with van der Waals surface area (Å²) >= 11 is 0. The first-order chi connectivity index (χ1) is 7.79. The third-order valence-corrected chi connectivity index (χ3v) is 2.32. The molecular formula is C10H15N5O. The van der Waals surface area contributed by atoms with Crippen LogP contribution in [-0.2, 0) is 13.1 Å². The summed E-state index contributed by atoms with van der Waals surface area (Å²) in [4.78, 5) is 4.29. The Balaban J connectivity index is 2.00. The van der Waals surface area contributed by atoms with Gasteiger partial charge in [-0.3, -0.25) is 0 Å². The van der Waals surface area contributed by atoms with Crippen LogP contribution in [0.15, 0.2) is 17.2 Å². The summed E-state index contributed by atoms with van der Waals surface area (Å²) in [5.74, 6) is 0. The summed E-state index contributed by atoms with van der Waals surface area (Å²) in [5, 5.41) is 10.8. The fourth-order valence-corrected chi connectivity index (χ4v) is 1.40. The SMILES string of the molecule is CCNCc1cn(Cc2nonc2C)cn1. The molecule has 2 heterocycles. The standard InChI is InChI=1S/C10H15N5O/c1-3-11-4-9-5-15(7-12-9)6-10-8(2)13-16-14-10/h5,7,11H,3-4,6H2,1-2H3. The van der Waals surface area contributed by atoms with Crippen LogP contribution in [0, 0.1) is 6.92 Å². The highest BCUT2D eigenvalue weighted by Gasteiger charge is 2.06. The van der Waals surface area contributed by atoms with E-state index >= 15 is 0 Å². The number of rotatable bonds is 5. The Morgan fingerprint density at radius 2 is 2.31 bits per heavy atom. The van der Waals surface area contributed by atoms with Crippen LogP contribution >= 0.6 is 0 Å². The van der Waals surface area contributed by atoms with Crippen molar-refractivity contribution in [3.05, 3.63) is 29.6 Å². The molecule has 0 atom stereocenters. The lowest BCUT2D eigenvalue weighted by Gasteiger charge is -1.97. The molecule has 6 nitrogen and oxygen atoms in total. The number of imidazole rings is 1. The number of nitrogens with zero attached hydrogens (tertiary/aromatic N) is 4. The molecule has 16 heavy (non-hydrogen) atoms. The molecule has 0 aromatic carbocycles. The topological polar surface area (TPSA) is 68.8 Å². The Kier molecular flexibility index (Phi) is 3.31. The van der Waals surface area contributed by atoms with Crippen LogP contribution in [0.2, 0.25) is 0 Å². The van der Waals surface area contributed by atoms with Gasteiger partial charge in [0.2, 0.25) is 0 Å². The van der Waals surface area contributed by atoms with Crippen molar-refractivity contribution in [1.29, 1.82) is 0 Å². The molecule has 0 aliphatic carbocycles. The predicted octanol–water partition coefficient (Wildman–Crippen LogP) is 0.732. The Morgan fingerprint density at radius 3 is 3.00 bits per heavy atom. The summed E-state index contributed by atoms with van der Waals surface area (Å²) in [7, 11) is 0. The molecule has 0 aliphatic rings. The van der Waals surface area contributed by atoms with E-state index in [-0.39, 0.29) is 0 Å². The molecular weight excluding hydrogens is 206 g/mol. The normalized spacial score (nSPS) is 10.9. The first kappa shape index (κ1) is 10.8. The lowest BCUT2D eigenvalue weighted by molar-refractivity contribution is 0.300. The molecule has 2 aromatic rings. The molecule has 0 aliphatic heterocycles. The third kappa shape index (κ3) is 2.46. The predicted molar refractivity (Wildman–Crippen MR) is 57.7 cm³/mol. The van der Waals surface area contributed by atoms with Gasteiger partial charge < -0.3 is 9.88 Å². The lowest BCUT2D eigenvalue weighted by Crippen LogP contribution is -2.11. The zero-order chi connectivity index (χ0) is 11.4. The summed E-state index contributed by atoms with van der Waals surface area (Å²) in [5.41, 5.74) is 2.69. The van der Waals surface area contributed by atoms with Gasteiger partial charge in [-0.2, -0.15) is 0 Å². The van der Waals surface area contributed by atoms with Crippen LogP contribution in [0.4, 0.5) is 0 Å². The van der Waals surface area contributed by atoms with Crippen molar-refractivity contribution in [1.82, 2.24) is 25.2 Å². The second kappa shape index (κ2) is 4.89. The number of nitrogens with one attached hydrogen (secondary N) is 1. The highest BCUT2D eigenvalue weighted by molar-refractivity contribution is 5.07. The van der Waals surface area contributed by atoms with Crippen molar-refractivity contribution in [2.45, 2.75) is 26.9 Å². The first-order valence-electron chi connectivity index (χ1n) is 5.29. The average Bonchev–Trinajstić information content (AvgIpc) is 2.87. The molecule has 0 spiro atoms. The molecule has 0 radical (unpaired) electrons. The van der Waals surface area contributed by atoms with Gasteiger partial charge in [-0.15, -0.1) is 0 Å². The molecule has 0 fully saturated rings. The van der Waals surface area contributed by atoms with Crippen molar-refractivity contribution in [2.24, 2.45) is 0 Å². The Bertz CT molecular complexity index is 448. The van der Waals surface area contributed by atoms with Crippen molar-refractivity contribution in [3.63, 3.8) is 0 Å². The summed E-state index contributed by atoms with van der Waals surface area (Å²) in [6.45, 7) is 6.33. The minimum atomic E-state index is 0.647. The van der Waals surface area contributed by atoms with Gasteiger partial charge in [0, 0.05) is 12.7 Å². The molecule has 86 valence electrons. The molecule has 2 aromatic heterocycles. The van der Waals surface area contributed by atoms with Crippen molar-refractivity contribution in [3.8, 4) is 0 Å².